The third-order valence-electron chi connectivity index (χ3n) is 2.67. The Morgan fingerprint density at radius 2 is 2.12 bits per heavy atom. The fraction of sp³-hybridized carbons (Fsp3) is 0.231. The highest BCUT2D eigenvalue weighted by Crippen LogP contribution is 2.20. The zero-order valence-corrected chi connectivity index (χ0v) is 12.1. The second kappa shape index (κ2) is 5.67. The molecule has 0 unspecified atom stereocenters. The normalized spacial score (nSPS) is 10.7. The van der Waals surface area contributed by atoms with Crippen LogP contribution in [0.25, 0.3) is 0 Å². The Bertz CT molecular complexity index is 508. The highest BCUT2D eigenvalue weighted by atomic mass is 79.9. The number of anilines is 1. The number of hydrogen-bond donors (Lipinski definition) is 2. The molecule has 0 spiro atoms. The van der Waals surface area contributed by atoms with Gasteiger partial charge in [-0.15, -0.1) is 0 Å². The Hall–Kier alpha value is -0.840. The van der Waals surface area contributed by atoms with Crippen molar-refractivity contribution in [1.82, 2.24) is 5.32 Å². The summed E-state index contributed by atoms with van der Waals surface area (Å²) < 4.78 is 0.954. The molecule has 2 rings (SSSR count). The second-order valence-corrected chi connectivity index (χ2v) is 5.64. The minimum atomic E-state index is 0.788. The van der Waals surface area contributed by atoms with E-state index < -0.39 is 0 Å². The predicted molar refractivity (Wildman–Crippen MR) is 78.2 cm³/mol. The maximum Gasteiger partial charge on any atom is 0.0461 e. The molecule has 0 aliphatic rings. The summed E-state index contributed by atoms with van der Waals surface area (Å²) in [6.45, 7) is 3.89. The molecule has 2 aromatic rings. The van der Waals surface area contributed by atoms with Crippen LogP contribution in [-0.2, 0) is 13.1 Å². The first-order valence-electron chi connectivity index (χ1n) is 5.43. The Morgan fingerprint density at radius 1 is 1.29 bits per heavy atom. The first-order chi connectivity index (χ1) is 8.16. The molecule has 0 aliphatic heterocycles. The van der Waals surface area contributed by atoms with Gasteiger partial charge in [-0.1, -0.05) is 6.07 Å². The molecule has 90 valence electrons. The summed E-state index contributed by atoms with van der Waals surface area (Å²) in [7, 11) is 0. The lowest BCUT2D eigenvalue weighted by molar-refractivity contribution is 0.692. The number of rotatable bonds is 4. The van der Waals surface area contributed by atoms with E-state index in [1.807, 2.05) is 12.1 Å². The average molecular weight is 311 g/mol. The molecule has 3 N–H and O–H groups in total. The minimum absolute atomic E-state index is 0.788. The lowest BCUT2D eigenvalue weighted by atomic mass is 10.2. The van der Waals surface area contributed by atoms with Crippen molar-refractivity contribution in [1.29, 1.82) is 0 Å². The van der Waals surface area contributed by atoms with Crippen molar-refractivity contribution in [3.05, 3.63) is 50.1 Å². The van der Waals surface area contributed by atoms with Crippen molar-refractivity contribution in [2.75, 3.05) is 5.73 Å². The number of nitrogens with two attached hydrogens (primary N) is 1. The monoisotopic (exact) mass is 310 g/mol. The summed E-state index contributed by atoms with van der Waals surface area (Å²) in [5, 5.41) is 7.80. The Labute approximate surface area is 114 Å². The van der Waals surface area contributed by atoms with Crippen molar-refractivity contribution in [2.45, 2.75) is 20.0 Å². The van der Waals surface area contributed by atoms with Crippen molar-refractivity contribution >= 4 is 33.0 Å². The number of thiophene rings is 1. The van der Waals surface area contributed by atoms with Gasteiger partial charge in [-0.3, -0.25) is 0 Å². The summed E-state index contributed by atoms with van der Waals surface area (Å²) >= 11 is 5.15. The van der Waals surface area contributed by atoms with Crippen molar-refractivity contribution in [3.63, 3.8) is 0 Å². The van der Waals surface area contributed by atoms with Crippen molar-refractivity contribution in [3.8, 4) is 0 Å². The molecule has 0 atom stereocenters. The van der Waals surface area contributed by atoms with Gasteiger partial charge in [0.15, 0.2) is 0 Å². The van der Waals surface area contributed by atoms with E-state index in [0.717, 1.165) is 23.2 Å². The second-order valence-electron chi connectivity index (χ2n) is 4.04. The van der Waals surface area contributed by atoms with Crippen LogP contribution >= 0.6 is 27.3 Å². The van der Waals surface area contributed by atoms with Gasteiger partial charge in [-0.25, -0.2) is 0 Å². The molecule has 4 heteroatoms. The van der Waals surface area contributed by atoms with E-state index in [1.54, 1.807) is 11.3 Å². The molecule has 0 bridgehead atoms. The molecule has 17 heavy (non-hydrogen) atoms. The zero-order chi connectivity index (χ0) is 12.3. The van der Waals surface area contributed by atoms with Crippen LogP contribution in [0.2, 0.25) is 0 Å². The molecule has 0 radical (unpaired) electrons. The predicted octanol–water partition coefficient (Wildman–Crippen LogP) is 3.69. The van der Waals surface area contributed by atoms with E-state index in [9.17, 15) is 0 Å². The molecule has 1 aromatic carbocycles. The third kappa shape index (κ3) is 3.31. The highest BCUT2D eigenvalue weighted by Gasteiger charge is 2.00. The molecule has 0 aliphatic carbocycles. The topological polar surface area (TPSA) is 38.0 Å². The van der Waals surface area contributed by atoms with Gasteiger partial charge in [-0.2, -0.15) is 11.3 Å². The van der Waals surface area contributed by atoms with Crippen LogP contribution in [0.15, 0.2) is 33.4 Å². The number of halogens is 1. The maximum absolute atomic E-state index is 5.84. The molecule has 1 aromatic heterocycles. The fourth-order valence-electron chi connectivity index (χ4n) is 1.61. The van der Waals surface area contributed by atoms with Gasteiger partial charge >= 0.3 is 0 Å². The SMILES string of the molecule is Cc1cscc1CNCc1ccc(Br)c(N)c1. The minimum Gasteiger partial charge on any atom is -0.398 e. The summed E-state index contributed by atoms with van der Waals surface area (Å²) in [5.74, 6) is 0. The molecule has 1 heterocycles. The molecule has 2 nitrogen and oxygen atoms in total. The van der Waals surface area contributed by atoms with Gasteiger partial charge in [0, 0.05) is 23.2 Å². The standard InChI is InChI=1S/C13H15BrN2S/c1-9-7-17-8-11(9)6-16-5-10-2-3-12(14)13(15)4-10/h2-4,7-8,16H,5-6,15H2,1H3. The van der Waals surface area contributed by atoms with Crippen LogP contribution in [0.1, 0.15) is 16.7 Å². The number of aryl methyl sites for hydroxylation is 1. The van der Waals surface area contributed by atoms with Crippen LogP contribution in [0, 0.1) is 6.92 Å². The number of nitrogens with one attached hydrogen (secondary N) is 1. The van der Waals surface area contributed by atoms with Crippen LogP contribution < -0.4 is 11.1 Å². The molecule has 0 amide bonds. The van der Waals surface area contributed by atoms with E-state index in [-0.39, 0.29) is 0 Å². The molecule has 0 saturated carbocycles. The quantitative estimate of drug-likeness (QED) is 0.845. The van der Waals surface area contributed by atoms with Gasteiger partial charge in [0.1, 0.15) is 0 Å². The van der Waals surface area contributed by atoms with Crippen LogP contribution in [-0.4, -0.2) is 0 Å². The number of nitrogen functional groups attached to an aromatic ring is 1. The van der Waals surface area contributed by atoms with E-state index in [0.29, 0.717) is 0 Å². The Kier molecular flexibility index (Phi) is 4.20. The summed E-state index contributed by atoms with van der Waals surface area (Å²) in [6.07, 6.45) is 0. The smallest absolute Gasteiger partial charge is 0.0461 e. The maximum atomic E-state index is 5.84. The molecular weight excluding hydrogens is 296 g/mol. The van der Waals surface area contributed by atoms with Gasteiger partial charge in [-0.05, 0) is 62.4 Å². The van der Waals surface area contributed by atoms with Crippen LogP contribution in [0.3, 0.4) is 0 Å². The van der Waals surface area contributed by atoms with E-state index >= 15 is 0 Å². The van der Waals surface area contributed by atoms with Crippen molar-refractivity contribution in [2.24, 2.45) is 0 Å². The van der Waals surface area contributed by atoms with Gasteiger partial charge in [0.2, 0.25) is 0 Å². The average Bonchev–Trinajstić information content (AvgIpc) is 2.70. The molecule has 0 fully saturated rings. The van der Waals surface area contributed by atoms with E-state index in [4.69, 9.17) is 5.73 Å². The summed E-state index contributed by atoms with van der Waals surface area (Å²) in [4.78, 5) is 0. The lowest BCUT2D eigenvalue weighted by Gasteiger charge is -2.06. The van der Waals surface area contributed by atoms with Crippen LogP contribution in [0.5, 0.6) is 0 Å². The lowest BCUT2D eigenvalue weighted by Crippen LogP contribution is -2.12. The Balaban J connectivity index is 1.90. The molecule has 0 saturated heterocycles. The van der Waals surface area contributed by atoms with Crippen LogP contribution in [0.4, 0.5) is 5.69 Å². The number of benzene rings is 1. The van der Waals surface area contributed by atoms with E-state index in [2.05, 4.69) is 45.0 Å². The van der Waals surface area contributed by atoms with Gasteiger partial charge in [0.05, 0.1) is 0 Å². The van der Waals surface area contributed by atoms with Crippen molar-refractivity contribution < 1.29 is 0 Å². The van der Waals surface area contributed by atoms with E-state index in [1.165, 1.54) is 16.7 Å². The summed E-state index contributed by atoms with van der Waals surface area (Å²) in [6, 6.07) is 6.06. The number of hydrogen-bond acceptors (Lipinski definition) is 3. The largest absolute Gasteiger partial charge is 0.398 e. The first kappa shape index (κ1) is 12.6. The first-order valence-corrected chi connectivity index (χ1v) is 7.16. The fourth-order valence-corrected chi connectivity index (χ4v) is 2.72. The highest BCUT2D eigenvalue weighted by molar-refractivity contribution is 9.10. The Morgan fingerprint density at radius 3 is 2.76 bits per heavy atom. The summed E-state index contributed by atoms with van der Waals surface area (Å²) in [5.41, 5.74) is 10.6. The third-order valence-corrected chi connectivity index (χ3v) is 4.30. The zero-order valence-electron chi connectivity index (χ0n) is 9.66. The van der Waals surface area contributed by atoms with Gasteiger partial charge in [0.25, 0.3) is 0 Å². The molecular formula is C13H15BrN2S. The van der Waals surface area contributed by atoms with Gasteiger partial charge < -0.3 is 11.1 Å².